The first-order valence-corrected chi connectivity index (χ1v) is 13.7. The van der Waals surface area contributed by atoms with E-state index < -0.39 is 48.9 Å². The molecule has 0 spiro atoms. The Morgan fingerprint density at radius 3 is 2.38 bits per heavy atom. The Kier molecular flexibility index (Phi) is 8.72. The standard InChI is InChI=1S/C28H27F2N3O6S/c1-17(2)39-16-25-32-27(34)26(28(35)33(25)23(15-38-3)18-7-5-4-6-8-18)40(36,37)20-10-11-21(22(29)13-20)19-9-12-24(30)31-14-19/h4-14,17,23,35H,15-16H2,1-3H3/t23-/m0/s1. The summed E-state index contributed by atoms with van der Waals surface area (Å²) < 4.78 is 67.8. The molecule has 0 saturated carbocycles. The van der Waals surface area contributed by atoms with E-state index in [1.807, 2.05) is 0 Å². The number of nitrogens with zero attached hydrogens (tertiary/aromatic N) is 3. The van der Waals surface area contributed by atoms with Crippen LogP contribution in [0.4, 0.5) is 8.78 Å². The normalized spacial score (nSPS) is 12.6. The minimum atomic E-state index is -4.77. The Bertz CT molecular complexity index is 1660. The quantitative estimate of drug-likeness (QED) is 0.280. The Labute approximate surface area is 229 Å². The highest BCUT2D eigenvalue weighted by Crippen LogP contribution is 2.33. The van der Waals surface area contributed by atoms with E-state index in [0.717, 1.165) is 24.4 Å². The van der Waals surface area contributed by atoms with Crippen molar-refractivity contribution in [3.63, 3.8) is 0 Å². The molecule has 4 rings (SSSR count). The molecule has 1 atom stereocenters. The molecule has 2 aromatic carbocycles. The fourth-order valence-electron chi connectivity index (χ4n) is 4.16. The lowest BCUT2D eigenvalue weighted by molar-refractivity contribution is 0.0554. The number of pyridine rings is 1. The first-order valence-electron chi connectivity index (χ1n) is 12.2. The van der Waals surface area contributed by atoms with E-state index in [0.29, 0.717) is 5.56 Å². The van der Waals surface area contributed by atoms with Gasteiger partial charge < -0.3 is 14.6 Å². The summed E-state index contributed by atoms with van der Waals surface area (Å²) in [5, 5.41) is 11.4. The van der Waals surface area contributed by atoms with Crippen molar-refractivity contribution < 1.29 is 31.8 Å². The van der Waals surface area contributed by atoms with E-state index in [-0.39, 0.29) is 36.3 Å². The maximum Gasteiger partial charge on any atom is 0.296 e. The number of sulfone groups is 1. The average Bonchev–Trinajstić information content (AvgIpc) is 2.92. The molecule has 0 aliphatic rings. The number of rotatable bonds is 10. The predicted octanol–water partition coefficient (Wildman–Crippen LogP) is 4.28. The SMILES string of the molecule is COC[C@@H](c1ccccc1)n1c(COC(C)C)nc(=O)c(S(=O)(=O)c2ccc(-c3ccc(F)nc3)c(F)c2)c1O. The summed E-state index contributed by atoms with van der Waals surface area (Å²) >= 11 is 0. The zero-order valence-electron chi connectivity index (χ0n) is 21.9. The highest BCUT2D eigenvalue weighted by molar-refractivity contribution is 7.91. The Morgan fingerprint density at radius 2 is 1.77 bits per heavy atom. The second-order valence-electron chi connectivity index (χ2n) is 9.11. The highest BCUT2D eigenvalue weighted by atomic mass is 32.2. The Hall–Kier alpha value is -4.00. The second kappa shape index (κ2) is 12.0. The highest BCUT2D eigenvalue weighted by Gasteiger charge is 2.33. The van der Waals surface area contributed by atoms with Gasteiger partial charge in [-0.2, -0.15) is 9.37 Å². The fourth-order valence-corrected chi connectivity index (χ4v) is 5.51. The van der Waals surface area contributed by atoms with Crippen molar-refractivity contribution in [2.75, 3.05) is 13.7 Å². The summed E-state index contributed by atoms with van der Waals surface area (Å²) in [4.78, 5) is 19.0. The van der Waals surface area contributed by atoms with Crippen LogP contribution >= 0.6 is 0 Å². The number of halogens is 2. The molecule has 2 heterocycles. The van der Waals surface area contributed by atoms with Crippen LogP contribution in [0, 0.1) is 11.8 Å². The summed E-state index contributed by atoms with van der Waals surface area (Å²) in [6.07, 6.45) is 0.847. The maximum absolute atomic E-state index is 15.1. The van der Waals surface area contributed by atoms with Crippen molar-refractivity contribution in [3.8, 4) is 17.0 Å². The van der Waals surface area contributed by atoms with Crippen LogP contribution in [0.5, 0.6) is 5.88 Å². The fraction of sp³-hybridized carbons (Fsp3) is 0.250. The van der Waals surface area contributed by atoms with Gasteiger partial charge in [0, 0.05) is 24.4 Å². The van der Waals surface area contributed by atoms with Gasteiger partial charge in [0.1, 0.15) is 18.2 Å². The number of aromatic nitrogens is 3. The van der Waals surface area contributed by atoms with Crippen molar-refractivity contribution in [2.45, 2.75) is 42.4 Å². The predicted molar refractivity (Wildman–Crippen MR) is 142 cm³/mol. The molecule has 0 bridgehead atoms. The molecule has 40 heavy (non-hydrogen) atoms. The lowest BCUT2D eigenvalue weighted by atomic mass is 10.1. The van der Waals surface area contributed by atoms with Crippen LogP contribution < -0.4 is 5.56 Å². The lowest BCUT2D eigenvalue weighted by Gasteiger charge is -2.26. The summed E-state index contributed by atoms with van der Waals surface area (Å²) in [7, 11) is -3.34. The molecule has 0 saturated heterocycles. The summed E-state index contributed by atoms with van der Waals surface area (Å²) in [6, 6.07) is 13.3. The number of hydrogen-bond acceptors (Lipinski definition) is 8. The van der Waals surface area contributed by atoms with Crippen molar-refractivity contribution >= 4 is 9.84 Å². The van der Waals surface area contributed by atoms with Gasteiger partial charge in [0.15, 0.2) is 4.90 Å². The van der Waals surface area contributed by atoms with Crippen LogP contribution in [0.3, 0.4) is 0 Å². The smallest absolute Gasteiger partial charge is 0.296 e. The van der Waals surface area contributed by atoms with Gasteiger partial charge in [0.25, 0.3) is 5.56 Å². The maximum atomic E-state index is 15.1. The van der Waals surface area contributed by atoms with Crippen molar-refractivity contribution in [1.29, 1.82) is 0 Å². The molecule has 0 amide bonds. The van der Waals surface area contributed by atoms with Crippen molar-refractivity contribution in [1.82, 2.24) is 14.5 Å². The van der Waals surface area contributed by atoms with Gasteiger partial charge in [-0.25, -0.2) is 17.8 Å². The average molecular weight is 572 g/mol. The molecule has 0 unspecified atom stereocenters. The van der Waals surface area contributed by atoms with Crippen LogP contribution in [-0.2, 0) is 25.9 Å². The van der Waals surface area contributed by atoms with Crippen LogP contribution in [0.15, 0.2) is 81.4 Å². The largest absolute Gasteiger partial charge is 0.493 e. The first kappa shape index (κ1) is 29.0. The zero-order chi connectivity index (χ0) is 29.0. The van der Waals surface area contributed by atoms with Gasteiger partial charge in [-0.15, -0.1) is 0 Å². The lowest BCUT2D eigenvalue weighted by Crippen LogP contribution is -2.29. The van der Waals surface area contributed by atoms with Gasteiger partial charge in [0.05, 0.1) is 23.6 Å². The molecule has 1 N–H and O–H groups in total. The molecule has 0 aliphatic carbocycles. The topological polar surface area (TPSA) is 121 Å². The minimum absolute atomic E-state index is 0.00861. The Balaban J connectivity index is 1.89. The van der Waals surface area contributed by atoms with E-state index >= 15 is 4.39 Å². The molecule has 0 radical (unpaired) electrons. The molecule has 2 aromatic heterocycles. The van der Waals surface area contributed by atoms with Crippen LogP contribution in [0.1, 0.15) is 31.3 Å². The van der Waals surface area contributed by atoms with Gasteiger partial charge >= 0.3 is 0 Å². The third kappa shape index (κ3) is 5.93. The van der Waals surface area contributed by atoms with E-state index in [1.54, 1.807) is 44.2 Å². The van der Waals surface area contributed by atoms with Gasteiger partial charge in [-0.3, -0.25) is 9.36 Å². The van der Waals surface area contributed by atoms with E-state index in [4.69, 9.17) is 9.47 Å². The summed E-state index contributed by atoms with van der Waals surface area (Å²) in [5.41, 5.74) is -0.402. The number of aromatic hydroxyl groups is 1. The Morgan fingerprint density at radius 1 is 1.05 bits per heavy atom. The van der Waals surface area contributed by atoms with Gasteiger partial charge in [0.2, 0.25) is 21.7 Å². The van der Waals surface area contributed by atoms with E-state index in [9.17, 15) is 22.7 Å². The first-order chi connectivity index (χ1) is 19.0. The molecular formula is C28H27F2N3O6S. The molecule has 0 fully saturated rings. The second-order valence-corrected chi connectivity index (χ2v) is 11.0. The van der Waals surface area contributed by atoms with Crippen LogP contribution in [0.25, 0.3) is 11.1 Å². The summed E-state index contributed by atoms with van der Waals surface area (Å²) in [5.74, 6) is -2.62. The number of methoxy groups -OCH3 is 1. The molecule has 0 aliphatic heterocycles. The van der Waals surface area contributed by atoms with Crippen molar-refractivity contribution in [2.24, 2.45) is 0 Å². The monoisotopic (exact) mass is 571 g/mol. The third-order valence-electron chi connectivity index (χ3n) is 6.06. The molecule has 4 aromatic rings. The molecule has 12 heteroatoms. The van der Waals surface area contributed by atoms with Gasteiger partial charge in [-0.1, -0.05) is 36.4 Å². The van der Waals surface area contributed by atoms with Crippen molar-refractivity contribution in [3.05, 3.63) is 100 Å². The zero-order valence-corrected chi connectivity index (χ0v) is 22.7. The number of ether oxygens (including phenoxy) is 2. The summed E-state index contributed by atoms with van der Waals surface area (Å²) in [6.45, 7) is 3.32. The molecular weight excluding hydrogens is 544 g/mol. The molecule has 9 nitrogen and oxygen atoms in total. The van der Waals surface area contributed by atoms with E-state index in [1.165, 1.54) is 23.8 Å². The van der Waals surface area contributed by atoms with Crippen LogP contribution in [-0.4, -0.2) is 47.9 Å². The minimum Gasteiger partial charge on any atom is -0.493 e. The van der Waals surface area contributed by atoms with E-state index in [2.05, 4.69) is 9.97 Å². The van der Waals surface area contributed by atoms with Gasteiger partial charge in [-0.05, 0) is 43.7 Å². The number of hydrogen-bond donors (Lipinski definition) is 1. The molecule has 210 valence electrons. The number of benzene rings is 2. The third-order valence-corrected chi connectivity index (χ3v) is 7.83. The van der Waals surface area contributed by atoms with Crippen LogP contribution in [0.2, 0.25) is 0 Å².